The summed E-state index contributed by atoms with van der Waals surface area (Å²) >= 11 is 0. The largest absolute Gasteiger partial charge is 0.339 e. The zero-order valence-corrected chi connectivity index (χ0v) is 7.47. The van der Waals surface area contributed by atoms with Crippen molar-refractivity contribution in [1.29, 1.82) is 0 Å². The maximum Gasteiger partial charge on any atom is 0.176 e. The molecule has 1 heterocycles. The summed E-state index contributed by atoms with van der Waals surface area (Å²) < 4.78 is 0. The van der Waals surface area contributed by atoms with E-state index in [-0.39, 0.29) is 0 Å². The second kappa shape index (κ2) is 4.68. The minimum absolute atomic E-state index is 0.999. The van der Waals surface area contributed by atoms with Gasteiger partial charge in [-0.2, -0.15) is 0 Å². The molecule has 0 aromatic carbocycles. The predicted octanol–water partition coefficient (Wildman–Crippen LogP) is 2.56. The van der Waals surface area contributed by atoms with E-state index in [4.69, 9.17) is 0 Å². The Bertz CT molecular complexity index is 162. The molecule has 0 amide bonds. The normalized spacial score (nSPS) is 10.1. The molecule has 1 N–H and O–H groups in total. The van der Waals surface area contributed by atoms with E-state index in [1.807, 2.05) is 17.0 Å². The molecule has 1 aromatic heterocycles. The fourth-order valence-electron chi connectivity index (χ4n) is 0.477. The number of H-pyrrole nitrogens is 1. The van der Waals surface area contributed by atoms with Crippen LogP contribution in [0.15, 0.2) is 17.6 Å². The third-order valence-corrected chi connectivity index (χ3v) is 3.30. The van der Waals surface area contributed by atoms with Crippen LogP contribution < -0.4 is 0 Å². The molecule has 4 heteroatoms. The summed E-state index contributed by atoms with van der Waals surface area (Å²) in [5.41, 5.74) is 0. The van der Waals surface area contributed by atoms with Crippen molar-refractivity contribution >= 4 is 21.6 Å². The topological polar surface area (TPSA) is 28.7 Å². The van der Waals surface area contributed by atoms with E-state index >= 15 is 0 Å². The van der Waals surface area contributed by atoms with Gasteiger partial charge in [-0.1, -0.05) is 17.7 Å². The molecular formula is C6H10N2S2. The van der Waals surface area contributed by atoms with Gasteiger partial charge in [0.05, 0.1) is 0 Å². The van der Waals surface area contributed by atoms with Crippen molar-refractivity contribution in [2.45, 2.75) is 18.5 Å². The quantitative estimate of drug-likeness (QED) is 0.562. The number of nitrogens with one attached hydrogen (secondary N) is 1. The maximum absolute atomic E-state index is 4.07. The average molecular weight is 174 g/mol. The first kappa shape index (κ1) is 8.01. The molecule has 56 valence electrons. The molecule has 0 bridgehead atoms. The molecule has 0 unspecified atom stereocenters. The zero-order valence-electron chi connectivity index (χ0n) is 5.83. The summed E-state index contributed by atoms with van der Waals surface area (Å²) in [6, 6.07) is 0. The van der Waals surface area contributed by atoms with Crippen molar-refractivity contribution in [2.24, 2.45) is 0 Å². The van der Waals surface area contributed by atoms with E-state index in [9.17, 15) is 0 Å². The predicted molar refractivity (Wildman–Crippen MR) is 47.2 cm³/mol. The Hall–Kier alpha value is -0.0900. The summed E-state index contributed by atoms with van der Waals surface area (Å²) in [6.07, 6.45) is 4.84. The van der Waals surface area contributed by atoms with Crippen LogP contribution in [-0.4, -0.2) is 15.7 Å². The van der Waals surface area contributed by atoms with Gasteiger partial charge >= 0.3 is 0 Å². The molecule has 0 saturated heterocycles. The van der Waals surface area contributed by atoms with Crippen LogP contribution in [0.1, 0.15) is 13.3 Å². The second-order valence-corrected chi connectivity index (χ2v) is 4.20. The van der Waals surface area contributed by atoms with Crippen molar-refractivity contribution in [3.63, 3.8) is 0 Å². The summed E-state index contributed by atoms with van der Waals surface area (Å²) in [4.78, 5) is 7.10. The Kier molecular flexibility index (Phi) is 3.75. The van der Waals surface area contributed by atoms with Gasteiger partial charge in [-0.15, -0.1) is 0 Å². The molecule has 0 radical (unpaired) electrons. The van der Waals surface area contributed by atoms with Gasteiger partial charge in [0.15, 0.2) is 5.16 Å². The lowest BCUT2D eigenvalue weighted by atomic mass is 10.6. The molecule has 0 aliphatic rings. The molecule has 2 nitrogen and oxygen atoms in total. The number of aromatic nitrogens is 2. The van der Waals surface area contributed by atoms with E-state index in [0.29, 0.717) is 0 Å². The van der Waals surface area contributed by atoms with Crippen molar-refractivity contribution < 1.29 is 0 Å². The Labute approximate surface area is 68.6 Å². The van der Waals surface area contributed by atoms with Gasteiger partial charge < -0.3 is 4.98 Å². The molecule has 0 saturated carbocycles. The smallest absolute Gasteiger partial charge is 0.176 e. The van der Waals surface area contributed by atoms with Crippen LogP contribution in [0, 0.1) is 0 Å². The summed E-state index contributed by atoms with van der Waals surface area (Å²) in [6.45, 7) is 2.18. The van der Waals surface area contributed by atoms with Gasteiger partial charge in [0.1, 0.15) is 0 Å². The maximum atomic E-state index is 4.07. The fourth-order valence-corrected chi connectivity index (χ4v) is 2.42. The standard InChI is InChI=1S/C6H10N2S2/c1-2-5-9-10-6-7-3-4-8-6/h3-4H,2,5H2,1H3,(H,7,8). The van der Waals surface area contributed by atoms with Crippen molar-refractivity contribution in [3.05, 3.63) is 12.4 Å². The molecule has 1 aromatic rings. The molecule has 0 spiro atoms. The number of aromatic amines is 1. The lowest BCUT2D eigenvalue weighted by Gasteiger charge is -1.92. The van der Waals surface area contributed by atoms with Gasteiger partial charge in [0, 0.05) is 18.1 Å². The Balaban J connectivity index is 2.15. The minimum Gasteiger partial charge on any atom is -0.339 e. The number of hydrogen-bond donors (Lipinski definition) is 1. The molecule has 0 atom stereocenters. The van der Waals surface area contributed by atoms with Crippen LogP contribution in [0.2, 0.25) is 0 Å². The first-order valence-electron chi connectivity index (χ1n) is 3.22. The highest BCUT2D eigenvalue weighted by atomic mass is 33.1. The van der Waals surface area contributed by atoms with Gasteiger partial charge in [-0.05, 0) is 17.2 Å². The number of imidazole rings is 1. The molecule has 0 fully saturated rings. The molecule has 0 aliphatic carbocycles. The molecular weight excluding hydrogens is 164 g/mol. The van der Waals surface area contributed by atoms with Crippen LogP contribution in [-0.2, 0) is 0 Å². The molecule has 0 aliphatic heterocycles. The first-order chi connectivity index (χ1) is 4.93. The summed E-state index contributed by atoms with van der Waals surface area (Å²) in [7, 11) is 3.54. The van der Waals surface area contributed by atoms with Gasteiger partial charge in [0.2, 0.25) is 0 Å². The van der Waals surface area contributed by atoms with Crippen LogP contribution in [0.5, 0.6) is 0 Å². The van der Waals surface area contributed by atoms with E-state index in [2.05, 4.69) is 16.9 Å². The Morgan fingerprint density at radius 2 is 2.60 bits per heavy atom. The Morgan fingerprint density at radius 3 is 3.20 bits per heavy atom. The minimum atomic E-state index is 0.999. The number of nitrogens with zero attached hydrogens (tertiary/aromatic N) is 1. The third-order valence-electron chi connectivity index (χ3n) is 0.898. The highest BCUT2D eigenvalue weighted by Crippen LogP contribution is 2.27. The average Bonchev–Trinajstić information content (AvgIpc) is 2.41. The summed E-state index contributed by atoms with van der Waals surface area (Å²) in [5.74, 6) is 1.19. The van der Waals surface area contributed by atoms with Crippen molar-refractivity contribution in [1.82, 2.24) is 9.97 Å². The highest BCUT2D eigenvalue weighted by Gasteiger charge is 1.93. The summed E-state index contributed by atoms with van der Waals surface area (Å²) in [5, 5.41) is 0.999. The van der Waals surface area contributed by atoms with Crippen molar-refractivity contribution in [3.8, 4) is 0 Å². The van der Waals surface area contributed by atoms with E-state index in [1.54, 1.807) is 17.0 Å². The van der Waals surface area contributed by atoms with E-state index < -0.39 is 0 Å². The van der Waals surface area contributed by atoms with Crippen LogP contribution >= 0.6 is 21.6 Å². The zero-order chi connectivity index (χ0) is 7.23. The third kappa shape index (κ3) is 2.66. The second-order valence-electron chi connectivity index (χ2n) is 1.80. The highest BCUT2D eigenvalue weighted by molar-refractivity contribution is 8.76. The van der Waals surface area contributed by atoms with Crippen LogP contribution in [0.3, 0.4) is 0 Å². The number of hydrogen-bond acceptors (Lipinski definition) is 3. The SMILES string of the molecule is CCCSSc1ncc[nH]1. The number of rotatable bonds is 4. The van der Waals surface area contributed by atoms with Gasteiger partial charge in [0.25, 0.3) is 0 Å². The lowest BCUT2D eigenvalue weighted by molar-refractivity contribution is 1.07. The molecule has 1 rings (SSSR count). The monoisotopic (exact) mass is 174 g/mol. The van der Waals surface area contributed by atoms with Crippen LogP contribution in [0.4, 0.5) is 0 Å². The first-order valence-corrected chi connectivity index (χ1v) is 5.54. The van der Waals surface area contributed by atoms with E-state index in [0.717, 1.165) is 5.16 Å². The lowest BCUT2D eigenvalue weighted by Crippen LogP contribution is -1.71. The molecule has 10 heavy (non-hydrogen) atoms. The van der Waals surface area contributed by atoms with E-state index in [1.165, 1.54) is 12.2 Å². The van der Waals surface area contributed by atoms with Gasteiger partial charge in [-0.25, -0.2) is 4.98 Å². The van der Waals surface area contributed by atoms with Crippen molar-refractivity contribution in [2.75, 3.05) is 5.75 Å². The van der Waals surface area contributed by atoms with Gasteiger partial charge in [-0.3, -0.25) is 0 Å². The Morgan fingerprint density at radius 1 is 1.70 bits per heavy atom. The fraction of sp³-hybridized carbons (Fsp3) is 0.500. The van der Waals surface area contributed by atoms with Crippen LogP contribution in [0.25, 0.3) is 0 Å².